The van der Waals surface area contributed by atoms with E-state index in [-0.39, 0.29) is 17.4 Å². The molecule has 0 saturated heterocycles. The zero-order valence-corrected chi connectivity index (χ0v) is 10.4. The van der Waals surface area contributed by atoms with Gasteiger partial charge in [0.2, 0.25) is 0 Å². The zero-order valence-electron chi connectivity index (χ0n) is 10.4. The van der Waals surface area contributed by atoms with Crippen molar-refractivity contribution in [2.24, 2.45) is 0 Å². The fourth-order valence-electron chi connectivity index (χ4n) is 2.49. The van der Waals surface area contributed by atoms with Gasteiger partial charge in [0.15, 0.2) is 11.6 Å². The van der Waals surface area contributed by atoms with Crippen LogP contribution in [0.25, 0.3) is 0 Å². The maximum Gasteiger partial charge on any atom is 0.338 e. The fourth-order valence-corrected chi connectivity index (χ4v) is 2.49. The van der Waals surface area contributed by atoms with Gasteiger partial charge in [-0.2, -0.15) is 0 Å². The van der Waals surface area contributed by atoms with Crippen molar-refractivity contribution in [2.75, 3.05) is 11.9 Å². The van der Waals surface area contributed by atoms with Crippen LogP contribution in [0.1, 0.15) is 42.5 Å². The van der Waals surface area contributed by atoms with Gasteiger partial charge in [-0.15, -0.1) is 0 Å². The van der Waals surface area contributed by atoms with Crippen LogP contribution >= 0.6 is 0 Å². The maximum atomic E-state index is 14.0. The first-order valence-corrected chi connectivity index (χ1v) is 6.22. The van der Waals surface area contributed by atoms with E-state index in [9.17, 15) is 9.18 Å². The van der Waals surface area contributed by atoms with Crippen LogP contribution in [0.4, 0.5) is 10.2 Å². The van der Waals surface area contributed by atoms with E-state index in [1.165, 1.54) is 18.7 Å². The van der Waals surface area contributed by atoms with Crippen molar-refractivity contribution in [2.45, 2.75) is 38.1 Å². The topological polar surface area (TPSA) is 53.4 Å². The number of pyridine rings is 1. The first kappa shape index (κ1) is 12.8. The number of anilines is 1. The predicted octanol–water partition coefficient (Wildman–Crippen LogP) is 2.69. The molecule has 1 aromatic rings. The van der Waals surface area contributed by atoms with Crippen LogP contribution in [-0.4, -0.2) is 29.1 Å². The third kappa shape index (κ3) is 2.44. The zero-order chi connectivity index (χ0) is 13.1. The number of carboxylic acid groups (broad SMARTS) is 1. The van der Waals surface area contributed by atoms with E-state index in [1.54, 1.807) is 11.9 Å². The van der Waals surface area contributed by atoms with Crippen LogP contribution in [0.15, 0.2) is 12.3 Å². The van der Waals surface area contributed by atoms with Crippen molar-refractivity contribution in [1.29, 1.82) is 0 Å². The Balaban J connectivity index is 2.26. The van der Waals surface area contributed by atoms with Crippen molar-refractivity contribution in [3.05, 3.63) is 23.6 Å². The average Bonchev–Trinajstić information content (AvgIpc) is 2.39. The molecule has 1 aliphatic rings. The Kier molecular flexibility index (Phi) is 3.79. The monoisotopic (exact) mass is 252 g/mol. The highest BCUT2D eigenvalue weighted by Crippen LogP contribution is 2.27. The van der Waals surface area contributed by atoms with Crippen molar-refractivity contribution in [1.82, 2.24) is 4.98 Å². The molecule has 0 aliphatic heterocycles. The van der Waals surface area contributed by atoms with Gasteiger partial charge in [-0.25, -0.2) is 14.2 Å². The maximum absolute atomic E-state index is 14.0. The number of carboxylic acids is 1. The molecule has 1 N–H and O–H groups in total. The molecule has 5 heteroatoms. The van der Waals surface area contributed by atoms with Crippen molar-refractivity contribution in [3.8, 4) is 0 Å². The van der Waals surface area contributed by atoms with Gasteiger partial charge in [0.1, 0.15) is 5.56 Å². The van der Waals surface area contributed by atoms with E-state index in [4.69, 9.17) is 5.11 Å². The molecule has 18 heavy (non-hydrogen) atoms. The van der Waals surface area contributed by atoms with Gasteiger partial charge in [0.05, 0.1) is 0 Å². The van der Waals surface area contributed by atoms with Gasteiger partial charge in [0.25, 0.3) is 0 Å². The summed E-state index contributed by atoms with van der Waals surface area (Å²) in [7, 11) is 1.78. The molecule has 0 amide bonds. The number of aromatic nitrogens is 1. The molecular weight excluding hydrogens is 235 g/mol. The number of rotatable bonds is 3. The fraction of sp³-hybridized carbons (Fsp3) is 0.538. The molecule has 0 bridgehead atoms. The molecule has 1 heterocycles. The number of nitrogens with zero attached hydrogens (tertiary/aromatic N) is 2. The van der Waals surface area contributed by atoms with E-state index < -0.39 is 11.8 Å². The summed E-state index contributed by atoms with van der Waals surface area (Å²) in [6.45, 7) is 0. The highest BCUT2D eigenvalue weighted by molar-refractivity contribution is 5.88. The van der Waals surface area contributed by atoms with Crippen molar-refractivity contribution >= 4 is 11.8 Å². The Morgan fingerprint density at radius 3 is 2.72 bits per heavy atom. The summed E-state index contributed by atoms with van der Waals surface area (Å²) in [6, 6.07) is 1.44. The highest BCUT2D eigenvalue weighted by atomic mass is 19.1. The van der Waals surface area contributed by atoms with Crippen LogP contribution in [0.3, 0.4) is 0 Å². The van der Waals surface area contributed by atoms with Crippen LogP contribution in [0.2, 0.25) is 0 Å². The lowest BCUT2D eigenvalue weighted by Gasteiger charge is -2.32. The standard InChI is InChI=1S/C13H17FN2O2/c1-16(9-5-3-2-4-6-9)12-11(14)10(13(17)18)7-8-15-12/h7-9H,2-6H2,1H3,(H,17,18). The lowest BCUT2D eigenvalue weighted by atomic mass is 9.94. The van der Waals surface area contributed by atoms with Crippen molar-refractivity contribution in [3.63, 3.8) is 0 Å². The molecule has 0 spiro atoms. The molecule has 0 radical (unpaired) electrons. The van der Waals surface area contributed by atoms with Gasteiger partial charge >= 0.3 is 5.97 Å². The molecular formula is C13H17FN2O2. The molecule has 4 nitrogen and oxygen atoms in total. The SMILES string of the molecule is CN(c1nccc(C(=O)O)c1F)C1CCCCC1. The normalized spacial score (nSPS) is 16.6. The van der Waals surface area contributed by atoms with Gasteiger partial charge < -0.3 is 10.0 Å². The third-order valence-corrected chi connectivity index (χ3v) is 3.56. The largest absolute Gasteiger partial charge is 0.478 e. The van der Waals surface area contributed by atoms with E-state index in [1.807, 2.05) is 0 Å². The van der Waals surface area contributed by atoms with E-state index in [2.05, 4.69) is 4.98 Å². The van der Waals surface area contributed by atoms with Crippen LogP contribution in [0, 0.1) is 5.82 Å². The lowest BCUT2D eigenvalue weighted by Crippen LogP contribution is -2.34. The second kappa shape index (κ2) is 5.33. The molecule has 0 atom stereocenters. The summed E-state index contributed by atoms with van der Waals surface area (Å²) in [6.07, 6.45) is 6.85. The summed E-state index contributed by atoms with van der Waals surface area (Å²) in [5.41, 5.74) is -0.317. The van der Waals surface area contributed by atoms with Crippen LogP contribution in [0.5, 0.6) is 0 Å². The van der Waals surface area contributed by atoms with Gasteiger partial charge in [-0.3, -0.25) is 0 Å². The second-order valence-electron chi connectivity index (χ2n) is 4.70. The first-order valence-electron chi connectivity index (χ1n) is 6.22. The number of carbonyl (C=O) groups is 1. The summed E-state index contributed by atoms with van der Waals surface area (Å²) in [4.78, 5) is 16.6. The lowest BCUT2D eigenvalue weighted by molar-refractivity contribution is 0.0691. The molecule has 1 fully saturated rings. The molecule has 0 unspecified atom stereocenters. The number of hydrogen-bond donors (Lipinski definition) is 1. The second-order valence-corrected chi connectivity index (χ2v) is 4.70. The number of hydrogen-bond acceptors (Lipinski definition) is 3. The Hall–Kier alpha value is -1.65. The summed E-state index contributed by atoms with van der Waals surface area (Å²) >= 11 is 0. The molecule has 1 aliphatic carbocycles. The van der Waals surface area contributed by atoms with E-state index >= 15 is 0 Å². The van der Waals surface area contributed by atoms with Gasteiger partial charge in [-0.1, -0.05) is 19.3 Å². The summed E-state index contributed by atoms with van der Waals surface area (Å²) < 4.78 is 14.0. The molecule has 2 rings (SSSR count). The van der Waals surface area contributed by atoms with Crippen LogP contribution < -0.4 is 4.90 Å². The van der Waals surface area contributed by atoms with E-state index in [0.717, 1.165) is 25.7 Å². The van der Waals surface area contributed by atoms with Gasteiger partial charge in [-0.05, 0) is 18.9 Å². The minimum Gasteiger partial charge on any atom is -0.478 e. The first-order chi connectivity index (χ1) is 8.61. The Bertz CT molecular complexity index is 445. The number of halogens is 1. The quantitative estimate of drug-likeness (QED) is 0.898. The molecule has 98 valence electrons. The molecule has 0 aromatic carbocycles. The Morgan fingerprint density at radius 1 is 1.44 bits per heavy atom. The van der Waals surface area contributed by atoms with Crippen molar-refractivity contribution < 1.29 is 14.3 Å². The summed E-state index contributed by atoms with van der Waals surface area (Å²) in [5, 5.41) is 8.90. The highest BCUT2D eigenvalue weighted by Gasteiger charge is 2.24. The number of aromatic carboxylic acids is 1. The molecule has 1 aromatic heterocycles. The Labute approximate surface area is 105 Å². The minimum atomic E-state index is -1.26. The van der Waals surface area contributed by atoms with E-state index in [0.29, 0.717) is 0 Å². The average molecular weight is 252 g/mol. The molecule has 1 saturated carbocycles. The summed E-state index contributed by atoms with van der Waals surface area (Å²) in [5.74, 6) is -1.85. The smallest absolute Gasteiger partial charge is 0.338 e. The Morgan fingerprint density at radius 2 is 2.11 bits per heavy atom. The predicted molar refractivity (Wildman–Crippen MR) is 66.4 cm³/mol. The van der Waals surface area contributed by atoms with Crippen LogP contribution in [-0.2, 0) is 0 Å². The van der Waals surface area contributed by atoms with Gasteiger partial charge in [0, 0.05) is 19.3 Å². The minimum absolute atomic E-state index is 0.141. The third-order valence-electron chi connectivity index (χ3n) is 3.56.